The van der Waals surface area contributed by atoms with E-state index in [0.29, 0.717) is 5.41 Å². The number of amides is 1. The molecular weight excluding hydrogens is 212 g/mol. The van der Waals surface area contributed by atoms with E-state index in [1.54, 1.807) is 6.92 Å². The second-order valence-electron chi connectivity index (χ2n) is 6.27. The molecule has 1 N–H and O–H groups in total. The lowest BCUT2D eigenvalue weighted by molar-refractivity contribution is -0.126. The second-order valence-corrected chi connectivity index (χ2v) is 6.27. The molecule has 0 spiro atoms. The van der Waals surface area contributed by atoms with Crippen LogP contribution in [-0.2, 0) is 4.79 Å². The van der Waals surface area contributed by atoms with Crippen LogP contribution in [-0.4, -0.2) is 11.9 Å². The molecule has 0 bridgehead atoms. The number of carbonyl (C=O) groups is 1. The molecule has 0 radical (unpaired) electrons. The van der Waals surface area contributed by atoms with Gasteiger partial charge in [0.05, 0.1) is 6.07 Å². The zero-order valence-corrected chi connectivity index (χ0v) is 11.4. The van der Waals surface area contributed by atoms with Crippen molar-refractivity contribution in [1.29, 1.82) is 5.26 Å². The molecule has 0 aromatic rings. The summed E-state index contributed by atoms with van der Waals surface area (Å²) in [4.78, 5) is 11.9. The van der Waals surface area contributed by atoms with Crippen molar-refractivity contribution in [2.45, 2.75) is 59.4 Å². The third-order valence-electron chi connectivity index (χ3n) is 3.88. The van der Waals surface area contributed by atoms with Gasteiger partial charge in [-0.05, 0) is 43.9 Å². The van der Waals surface area contributed by atoms with Crippen LogP contribution in [0.2, 0.25) is 0 Å². The lowest BCUT2D eigenvalue weighted by atomic mass is 9.69. The van der Waals surface area contributed by atoms with E-state index in [1.165, 1.54) is 0 Å². The topological polar surface area (TPSA) is 52.9 Å². The van der Waals surface area contributed by atoms with E-state index < -0.39 is 0 Å². The predicted octanol–water partition coefficient (Wildman–Crippen LogP) is 2.87. The van der Waals surface area contributed by atoms with Crippen LogP contribution in [0.5, 0.6) is 0 Å². The molecule has 0 heterocycles. The van der Waals surface area contributed by atoms with Gasteiger partial charge in [-0.25, -0.2) is 0 Å². The van der Waals surface area contributed by atoms with Crippen molar-refractivity contribution in [3.8, 4) is 6.07 Å². The molecule has 1 atom stereocenters. The summed E-state index contributed by atoms with van der Waals surface area (Å²) >= 11 is 0. The Morgan fingerprint density at radius 1 is 1.29 bits per heavy atom. The van der Waals surface area contributed by atoms with Gasteiger partial charge in [0.2, 0.25) is 5.91 Å². The van der Waals surface area contributed by atoms with Crippen LogP contribution in [0.1, 0.15) is 53.4 Å². The van der Waals surface area contributed by atoms with Crippen LogP contribution < -0.4 is 5.32 Å². The lowest BCUT2D eigenvalue weighted by Gasteiger charge is -2.36. The number of nitriles is 1. The van der Waals surface area contributed by atoms with Crippen LogP contribution in [0.4, 0.5) is 0 Å². The Morgan fingerprint density at radius 3 is 2.24 bits per heavy atom. The molecule has 1 unspecified atom stereocenters. The number of rotatable bonds is 2. The summed E-state index contributed by atoms with van der Waals surface area (Å²) in [5.41, 5.74) is 0.349. The molecule has 17 heavy (non-hydrogen) atoms. The third-order valence-corrected chi connectivity index (χ3v) is 3.88. The summed E-state index contributed by atoms with van der Waals surface area (Å²) in [6.07, 6.45) is 4.18. The normalized spacial score (nSPS) is 27.0. The highest BCUT2D eigenvalue weighted by atomic mass is 16.1. The van der Waals surface area contributed by atoms with Gasteiger partial charge in [0.25, 0.3) is 0 Å². The van der Waals surface area contributed by atoms with Crippen molar-refractivity contribution in [2.75, 3.05) is 0 Å². The Kier molecular flexibility index (Phi) is 4.56. The number of hydrogen-bond donors (Lipinski definition) is 1. The fraction of sp³-hybridized carbons (Fsp3) is 0.857. The first-order valence-electron chi connectivity index (χ1n) is 6.54. The van der Waals surface area contributed by atoms with Gasteiger partial charge in [-0.3, -0.25) is 4.79 Å². The van der Waals surface area contributed by atoms with Gasteiger partial charge in [-0.1, -0.05) is 20.8 Å². The summed E-state index contributed by atoms with van der Waals surface area (Å²) < 4.78 is 0. The minimum Gasteiger partial charge on any atom is -0.340 e. The lowest BCUT2D eigenvalue weighted by Crippen LogP contribution is -2.39. The van der Waals surface area contributed by atoms with E-state index in [4.69, 9.17) is 5.26 Å². The largest absolute Gasteiger partial charge is 0.340 e. The van der Waals surface area contributed by atoms with Crippen molar-refractivity contribution in [3.05, 3.63) is 0 Å². The maximum absolute atomic E-state index is 11.9. The Labute approximate surface area is 105 Å². The van der Waals surface area contributed by atoms with Crippen molar-refractivity contribution in [1.82, 2.24) is 5.32 Å². The molecule has 0 aromatic carbocycles. The Balaban J connectivity index is 2.42. The fourth-order valence-corrected chi connectivity index (χ4v) is 2.59. The molecule has 1 aliphatic rings. The number of nitrogens with zero attached hydrogens (tertiary/aromatic N) is 1. The molecule has 1 rings (SSSR count). The van der Waals surface area contributed by atoms with Gasteiger partial charge in [0, 0.05) is 5.92 Å². The molecular formula is C14H24N2O. The maximum Gasteiger partial charge on any atom is 0.224 e. The maximum atomic E-state index is 11.9. The molecule has 3 heteroatoms. The summed E-state index contributed by atoms with van der Waals surface area (Å²) in [5, 5.41) is 11.4. The SMILES string of the molecule is CC(C#N)NC(=O)C1CCC(C(C)(C)C)CC1. The molecule has 96 valence electrons. The monoisotopic (exact) mass is 236 g/mol. The van der Waals surface area contributed by atoms with E-state index in [-0.39, 0.29) is 17.9 Å². The first-order chi connectivity index (χ1) is 7.84. The number of hydrogen-bond acceptors (Lipinski definition) is 2. The highest BCUT2D eigenvalue weighted by molar-refractivity contribution is 5.79. The van der Waals surface area contributed by atoms with Crippen LogP contribution in [0.25, 0.3) is 0 Å². The molecule has 0 aromatic heterocycles. The predicted molar refractivity (Wildman–Crippen MR) is 68.1 cm³/mol. The first kappa shape index (κ1) is 14.0. The minimum absolute atomic E-state index is 0.0615. The molecule has 3 nitrogen and oxygen atoms in total. The summed E-state index contributed by atoms with van der Waals surface area (Å²) in [6.45, 7) is 8.54. The van der Waals surface area contributed by atoms with Gasteiger partial charge in [0.15, 0.2) is 0 Å². The van der Waals surface area contributed by atoms with E-state index in [9.17, 15) is 4.79 Å². The molecule has 1 amide bonds. The Hall–Kier alpha value is -1.04. The van der Waals surface area contributed by atoms with Gasteiger partial charge in [-0.2, -0.15) is 5.26 Å². The van der Waals surface area contributed by atoms with Crippen molar-refractivity contribution >= 4 is 5.91 Å². The van der Waals surface area contributed by atoms with Crippen LogP contribution >= 0.6 is 0 Å². The van der Waals surface area contributed by atoms with Crippen molar-refractivity contribution < 1.29 is 4.79 Å². The van der Waals surface area contributed by atoms with Crippen molar-refractivity contribution in [2.24, 2.45) is 17.3 Å². The van der Waals surface area contributed by atoms with E-state index in [1.807, 2.05) is 6.07 Å². The van der Waals surface area contributed by atoms with Crippen molar-refractivity contribution in [3.63, 3.8) is 0 Å². The first-order valence-corrected chi connectivity index (χ1v) is 6.54. The number of nitrogens with one attached hydrogen (secondary N) is 1. The summed E-state index contributed by atoms with van der Waals surface area (Å²) in [7, 11) is 0. The highest BCUT2D eigenvalue weighted by Gasteiger charge is 2.32. The highest BCUT2D eigenvalue weighted by Crippen LogP contribution is 2.39. The van der Waals surface area contributed by atoms with E-state index >= 15 is 0 Å². The molecule has 0 aliphatic heterocycles. The second kappa shape index (κ2) is 5.53. The van der Waals surface area contributed by atoms with Gasteiger partial charge in [0.1, 0.15) is 6.04 Å². The standard InChI is InChI=1S/C14H24N2O/c1-10(9-15)16-13(17)11-5-7-12(8-6-11)14(2,3)4/h10-12H,5-8H2,1-4H3,(H,16,17). The third kappa shape index (κ3) is 4.03. The van der Waals surface area contributed by atoms with Gasteiger partial charge >= 0.3 is 0 Å². The van der Waals surface area contributed by atoms with E-state index in [0.717, 1.165) is 31.6 Å². The molecule has 1 fully saturated rings. The average Bonchev–Trinajstić information content (AvgIpc) is 2.27. The molecule has 0 saturated heterocycles. The average molecular weight is 236 g/mol. The quantitative estimate of drug-likeness (QED) is 0.801. The molecule has 1 saturated carbocycles. The zero-order chi connectivity index (χ0) is 13.1. The number of carbonyl (C=O) groups excluding carboxylic acids is 1. The molecule has 1 aliphatic carbocycles. The Bertz CT molecular complexity index is 303. The minimum atomic E-state index is -0.372. The Morgan fingerprint density at radius 2 is 1.82 bits per heavy atom. The fourth-order valence-electron chi connectivity index (χ4n) is 2.59. The smallest absolute Gasteiger partial charge is 0.224 e. The van der Waals surface area contributed by atoms with Gasteiger partial charge < -0.3 is 5.32 Å². The summed E-state index contributed by atoms with van der Waals surface area (Å²) in [5.74, 6) is 0.899. The van der Waals surface area contributed by atoms with E-state index in [2.05, 4.69) is 26.1 Å². The van der Waals surface area contributed by atoms with Gasteiger partial charge in [-0.15, -0.1) is 0 Å². The van der Waals surface area contributed by atoms with Crippen LogP contribution in [0.3, 0.4) is 0 Å². The van der Waals surface area contributed by atoms with Crippen LogP contribution in [0, 0.1) is 28.6 Å². The summed E-state index contributed by atoms with van der Waals surface area (Å²) in [6, 6.07) is 1.66. The van der Waals surface area contributed by atoms with Crippen LogP contribution in [0.15, 0.2) is 0 Å². The zero-order valence-electron chi connectivity index (χ0n) is 11.4.